The fraction of sp³-hybridized carbons (Fsp3) is 0.588. The molecule has 0 spiro atoms. The average molecular weight is 274 g/mol. The molecule has 1 aromatic carbocycles. The van der Waals surface area contributed by atoms with Crippen molar-refractivity contribution in [3.8, 4) is 5.75 Å². The Balaban J connectivity index is 1.74. The lowest BCUT2D eigenvalue weighted by atomic mass is 9.80. The monoisotopic (exact) mass is 274 g/mol. The minimum atomic E-state index is -0.607. The molecular weight excluding hydrogens is 252 g/mol. The number of benzene rings is 1. The zero-order valence-electron chi connectivity index (χ0n) is 11.8. The van der Waals surface area contributed by atoms with Crippen LogP contribution in [0.15, 0.2) is 24.3 Å². The van der Waals surface area contributed by atoms with Crippen LogP contribution >= 0.6 is 0 Å². The van der Waals surface area contributed by atoms with Gasteiger partial charge in [0.1, 0.15) is 5.75 Å². The van der Waals surface area contributed by atoms with E-state index in [2.05, 4.69) is 6.07 Å². The Hall–Kier alpha value is -1.51. The number of carboxylic acids is 1. The third kappa shape index (κ3) is 2.67. The Bertz CT molecular complexity index is 483. The van der Waals surface area contributed by atoms with Crippen LogP contribution in [0.3, 0.4) is 0 Å². The molecule has 1 heterocycles. The number of ether oxygens (including phenoxy) is 1. The molecule has 1 saturated carbocycles. The molecule has 1 fully saturated rings. The Kier molecular flexibility index (Phi) is 3.95. The molecule has 0 radical (unpaired) electrons. The molecule has 1 N–H and O–H groups in total. The lowest BCUT2D eigenvalue weighted by Gasteiger charge is -2.24. The van der Waals surface area contributed by atoms with Crippen LogP contribution in [0, 0.1) is 11.8 Å². The molecular formula is C17H22O3. The summed E-state index contributed by atoms with van der Waals surface area (Å²) in [4.78, 5) is 11.5. The van der Waals surface area contributed by atoms with Crippen molar-refractivity contribution >= 4 is 5.97 Å². The van der Waals surface area contributed by atoms with Crippen molar-refractivity contribution in [3.05, 3.63) is 29.8 Å². The highest BCUT2D eigenvalue weighted by molar-refractivity contribution is 5.70. The van der Waals surface area contributed by atoms with Crippen molar-refractivity contribution in [1.82, 2.24) is 0 Å². The predicted molar refractivity (Wildman–Crippen MR) is 77.0 cm³/mol. The van der Waals surface area contributed by atoms with Gasteiger partial charge in [0.2, 0.25) is 0 Å². The van der Waals surface area contributed by atoms with Gasteiger partial charge >= 0.3 is 5.97 Å². The molecule has 3 rings (SSSR count). The van der Waals surface area contributed by atoms with Crippen molar-refractivity contribution < 1.29 is 14.6 Å². The van der Waals surface area contributed by atoms with E-state index in [9.17, 15) is 9.90 Å². The van der Waals surface area contributed by atoms with Crippen LogP contribution in [-0.2, 0) is 4.79 Å². The maximum atomic E-state index is 11.5. The van der Waals surface area contributed by atoms with E-state index in [1.807, 2.05) is 18.2 Å². The molecule has 3 nitrogen and oxygen atoms in total. The van der Waals surface area contributed by atoms with E-state index in [0.29, 0.717) is 18.4 Å². The van der Waals surface area contributed by atoms with E-state index in [-0.39, 0.29) is 5.92 Å². The number of carboxylic acid groups (broad SMARTS) is 1. The number of para-hydroxylation sites is 1. The highest BCUT2D eigenvalue weighted by atomic mass is 16.5. The fourth-order valence-electron chi connectivity index (χ4n) is 3.78. The number of aliphatic carboxylic acids is 1. The standard InChI is InChI=1S/C17H22O3/c18-17(19)15-8-3-1-2-6-12(15)10-13-11-20-16-9-5-4-7-14(13)16/h4-5,7,9,12-13,15H,1-3,6,8,10-11H2,(H,18,19). The summed E-state index contributed by atoms with van der Waals surface area (Å²) in [6, 6.07) is 8.17. The largest absolute Gasteiger partial charge is 0.493 e. The van der Waals surface area contributed by atoms with Crippen molar-refractivity contribution in [2.75, 3.05) is 6.61 Å². The van der Waals surface area contributed by atoms with E-state index in [0.717, 1.165) is 31.4 Å². The van der Waals surface area contributed by atoms with E-state index in [1.165, 1.54) is 18.4 Å². The Morgan fingerprint density at radius 2 is 2.00 bits per heavy atom. The Labute approximate surface area is 120 Å². The van der Waals surface area contributed by atoms with E-state index >= 15 is 0 Å². The third-order valence-electron chi connectivity index (χ3n) is 4.86. The van der Waals surface area contributed by atoms with Gasteiger partial charge < -0.3 is 9.84 Å². The van der Waals surface area contributed by atoms with Gasteiger partial charge in [0, 0.05) is 11.5 Å². The second-order valence-corrected chi connectivity index (χ2v) is 6.12. The summed E-state index contributed by atoms with van der Waals surface area (Å²) in [7, 11) is 0. The Morgan fingerprint density at radius 3 is 2.85 bits per heavy atom. The molecule has 2 aliphatic rings. The topological polar surface area (TPSA) is 46.5 Å². The molecule has 3 atom stereocenters. The van der Waals surface area contributed by atoms with Gasteiger partial charge in [-0.3, -0.25) is 4.79 Å². The predicted octanol–water partition coefficient (Wildman–Crippen LogP) is 3.83. The minimum Gasteiger partial charge on any atom is -0.493 e. The van der Waals surface area contributed by atoms with Gasteiger partial charge in [0.05, 0.1) is 12.5 Å². The molecule has 1 aromatic rings. The number of fused-ring (bicyclic) bond motifs is 1. The van der Waals surface area contributed by atoms with Gasteiger partial charge in [-0.25, -0.2) is 0 Å². The van der Waals surface area contributed by atoms with Crippen molar-refractivity contribution in [1.29, 1.82) is 0 Å². The zero-order valence-corrected chi connectivity index (χ0v) is 11.8. The van der Waals surface area contributed by atoms with Crippen LogP contribution in [0.4, 0.5) is 0 Å². The smallest absolute Gasteiger partial charge is 0.306 e. The zero-order chi connectivity index (χ0) is 13.9. The second-order valence-electron chi connectivity index (χ2n) is 6.12. The molecule has 3 heteroatoms. The van der Waals surface area contributed by atoms with Crippen LogP contribution in [0.25, 0.3) is 0 Å². The lowest BCUT2D eigenvalue weighted by molar-refractivity contribution is -0.144. The molecule has 20 heavy (non-hydrogen) atoms. The SMILES string of the molecule is O=C(O)C1CCCCCC1CC1COc2ccccc21. The molecule has 0 amide bonds. The molecule has 1 aliphatic carbocycles. The van der Waals surface area contributed by atoms with Crippen molar-refractivity contribution in [2.24, 2.45) is 11.8 Å². The van der Waals surface area contributed by atoms with Gasteiger partial charge in [0.25, 0.3) is 0 Å². The first-order valence-corrected chi connectivity index (χ1v) is 7.70. The summed E-state index contributed by atoms with van der Waals surface area (Å²) >= 11 is 0. The van der Waals surface area contributed by atoms with E-state index < -0.39 is 5.97 Å². The average Bonchev–Trinajstić information content (AvgIpc) is 2.69. The summed E-state index contributed by atoms with van der Waals surface area (Å²) in [5, 5.41) is 9.47. The van der Waals surface area contributed by atoms with Crippen LogP contribution in [0.2, 0.25) is 0 Å². The van der Waals surface area contributed by atoms with Crippen LogP contribution in [0.5, 0.6) is 5.75 Å². The van der Waals surface area contributed by atoms with Gasteiger partial charge in [0.15, 0.2) is 0 Å². The maximum Gasteiger partial charge on any atom is 0.306 e. The summed E-state index contributed by atoms with van der Waals surface area (Å²) in [5.74, 6) is 0.887. The highest BCUT2D eigenvalue weighted by Gasteiger charge is 2.34. The number of hydrogen-bond donors (Lipinski definition) is 1. The summed E-state index contributed by atoms with van der Waals surface area (Å²) in [6.07, 6.45) is 6.26. The van der Waals surface area contributed by atoms with Gasteiger partial charge in [-0.1, -0.05) is 37.5 Å². The summed E-state index contributed by atoms with van der Waals surface area (Å²) in [5.41, 5.74) is 1.26. The van der Waals surface area contributed by atoms with E-state index in [1.54, 1.807) is 0 Å². The van der Waals surface area contributed by atoms with E-state index in [4.69, 9.17) is 4.74 Å². The summed E-state index contributed by atoms with van der Waals surface area (Å²) < 4.78 is 5.73. The molecule has 0 bridgehead atoms. The van der Waals surface area contributed by atoms with Gasteiger partial charge in [-0.05, 0) is 31.2 Å². The molecule has 1 aliphatic heterocycles. The first-order valence-electron chi connectivity index (χ1n) is 7.70. The fourth-order valence-corrected chi connectivity index (χ4v) is 3.78. The highest BCUT2D eigenvalue weighted by Crippen LogP contribution is 2.41. The Morgan fingerprint density at radius 1 is 1.20 bits per heavy atom. The maximum absolute atomic E-state index is 11.5. The molecule has 3 unspecified atom stereocenters. The number of hydrogen-bond acceptors (Lipinski definition) is 2. The lowest BCUT2D eigenvalue weighted by Crippen LogP contribution is -2.24. The molecule has 108 valence electrons. The van der Waals surface area contributed by atoms with Crippen LogP contribution in [0.1, 0.15) is 50.0 Å². The summed E-state index contributed by atoms with van der Waals surface area (Å²) in [6.45, 7) is 0.711. The van der Waals surface area contributed by atoms with Gasteiger partial charge in [-0.15, -0.1) is 0 Å². The normalized spacial score (nSPS) is 29.3. The third-order valence-corrected chi connectivity index (χ3v) is 4.86. The van der Waals surface area contributed by atoms with Crippen molar-refractivity contribution in [2.45, 2.75) is 44.4 Å². The first kappa shape index (κ1) is 13.5. The minimum absolute atomic E-state index is 0.162. The number of rotatable bonds is 3. The molecule has 0 saturated heterocycles. The molecule has 0 aromatic heterocycles. The second kappa shape index (κ2) is 5.86. The van der Waals surface area contributed by atoms with Gasteiger partial charge in [-0.2, -0.15) is 0 Å². The van der Waals surface area contributed by atoms with Crippen LogP contribution in [-0.4, -0.2) is 17.7 Å². The van der Waals surface area contributed by atoms with Crippen molar-refractivity contribution in [3.63, 3.8) is 0 Å². The quantitative estimate of drug-likeness (QED) is 0.852. The van der Waals surface area contributed by atoms with Crippen LogP contribution < -0.4 is 4.74 Å². The number of carbonyl (C=O) groups is 1. The first-order chi connectivity index (χ1) is 9.75.